The molecule has 0 fully saturated rings. The van der Waals surface area contributed by atoms with Crippen molar-refractivity contribution in [2.75, 3.05) is 0 Å². The molecule has 0 saturated heterocycles. The Bertz CT molecular complexity index is 284. The first kappa shape index (κ1) is 10.1. The molecule has 0 amide bonds. The molecule has 0 aliphatic rings. The van der Waals surface area contributed by atoms with Gasteiger partial charge in [-0.05, 0) is 12.3 Å². The largest absolute Gasteiger partial charge is 0.207 e. The van der Waals surface area contributed by atoms with Crippen molar-refractivity contribution in [2.24, 2.45) is 0 Å². The van der Waals surface area contributed by atoms with E-state index in [0.29, 0.717) is 18.6 Å². The first-order valence-electron chi connectivity index (χ1n) is 4.20. The Morgan fingerprint density at radius 3 is 2.00 bits per heavy atom. The van der Waals surface area contributed by atoms with Gasteiger partial charge < -0.3 is 0 Å². The van der Waals surface area contributed by atoms with Crippen molar-refractivity contribution in [3.63, 3.8) is 0 Å². The van der Waals surface area contributed by atoms with Gasteiger partial charge in [0.15, 0.2) is 0 Å². The monoisotopic (exact) mass is 188 g/mol. The van der Waals surface area contributed by atoms with Crippen LogP contribution in [0.5, 0.6) is 0 Å². The van der Waals surface area contributed by atoms with E-state index < -0.39 is 17.5 Å². The summed E-state index contributed by atoms with van der Waals surface area (Å²) in [5, 5.41) is 0. The summed E-state index contributed by atoms with van der Waals surface area (Å²) in [5.41, 5.74) is -0.0242. The smallest absolute Gasteiger partial charge is 0.132 e. The van der Waals surface area contributed by atoms with E-state index in [-0.39, 0.29) is 11.5 Å². The Labute approximate surface area is 75.4 Å². The van der Waals surface area contributed by atoms with Crippen molar-refractivity contribution >= 4 is 0 Å². The van der Waals surface area contributed by atoms with Crippen LogP contribution >= 0.6 is 0 Å². The number of rotatable bonds is 2. The van der Waals surface area contributed by atoms with Crippen molar-refractivity contribution in [2.45, 2.75) is 26.2 Å². The Kier molecular flexibility index (Phi) is 2.96. The van der Waals surface area contributed by atoms with Crippen LogP contribution in [-0.2, 0) is 0 Å². The third-order valence-electron chi connectivity index (χ3n) is 2.15. The fourth-order valence-corrected chi connectivity index (χ4v) is 1.23. The highest BCUT2D eigenvalue weighted by atomic mass is 19.1. The predicted octanol–water partition coefficient (Wildman–Crippen LogP) is 3.62. The van der Waals surface area contributed by atoms with E-state index in [1.807, 2.05) is 6.92 Å². The van der Waals surface area contributed by atoms with Crippen LogP contribution in [0.3, 0.4) is 0 Å². The zero-order valence-corrected chi connectivity index (χ0v) is 7.57. The van der Waals surface area contributed by atoms with Crippen LogP contribution in [0.1, 0.15) is 31.7 Å². The standard InChI is InChI=1S/C10H11F3/c1-3-6(2)10-8(12)4-7(11)5-9(10)13/h4-6H,3H2,1-2H3/t6-/m1/s1. The van der Waals surface area contributed by atoms with E-state index in [9.17, 15) is 13.2 Å². The predicted molar refractivity (Wildman–Crippen MR) is 45.0 cm³/mol. The van der Waals surface area contributed by atoms with Crippen LogP contribution < -0.4 is 0 Å². The van der Waals surface area contributed by atoms with Gasteiger partial charge in [0.25, 0.3) is 0 Å². The summed E-state index contributed by atoms with van der Waals surface area (Å²) in [6, 6.07) is 1.43. The SMILES string of the molecule is CC[C@@H](C)c1c(F)cc(F)cc1F. The quantitative estimate of drug-likeness (QED) is 0.665. The number of benzene rings is 1. The van der Waals surface area contributed by atoms with Gasteiger partial charge in [0, 0.05) is 17.7 Å². The molecule has 1 aromatic rings. The van der Waals surface area contributed by atoms with Gasteiger partial charge in [-0.25, -0.2) is 13.2 Å². The average Bonchev–Trinajstić information content (AvgIpc) is 2.02. The van der Waals surface area contributed by atoms with E-state index >= 15 is 0 Å². The van der Waals surface area contributed by atoms with Gasteiger partial charge in [0.2, 0.25) is 0 Å². The molecule has 72 valence electrons. The van der Waals surface area contributed by atoms with E-state index in [2.05, 4.69) is 0 Å². The molecule has 1 atom stereocenters. The second kappa shape index (κ2) is 3.81. The lowest BCUT2D eigenvalue weighted by molar-refractivity contribution is 0.504. The highest BCUT2D eigenvalue weighted by Crippen LogP contribution is 2.25. The minimum absolute atomic E-state index is 0.0242. The minimum atomic E-state index is -0.873. The molecule has 0 nitrogen and oxygen atoms in total. The second-order valence-corrected chi connectivity index (χ2v) is 3.09. The molecule has 0 aromatic heterocycles. The van der Waals surface area contributed by atoms with Gasteiger partial charge in [-0.15, -0.1) is 0 Å². The maximum absolute atomic E-state index is 13.1. The first-order valence-corrected chi connectivity index (χ1v) is 4.20. The Morgan fingerprint density at radius 1 is 1.15 bits per heavy atom. The lowest BCUT2D eigenvalue weighted by Gasteiger charge is -2.11. The lowest BCUT2D eigenvalue weighted by atomic mass is 9.97. The molecule has 0 unspecified atom stereocenters. The van der Waals surface area contributed by atoms with Gasteiger partial charge in [0.1, 0.15) is 17.5 Å². The van der Waals surface area contributed by atoms with Crippen molar-refractivity contribution in [1.82, 2.24) is 0 Å². The molecule has 13 heavy (non-hydrogen) atoms. The Morgan fingerprint density at radius 2 is 1.62 bits per heavy atom. The molecule has 0 N–H and O–H groups in total. The highest BCUT2D eigenvalue weighted by Gasteiger charge is 2.15. The normalized spacial score (nSPS) is 13.0. The summed E-state index contributed by atoms with van der Waals surface area (Å²) in [6.45, 7) is 3.53. The molecule has 0 aliphatic carbocycles. The van der Waals surface area contributed by atoms with E-state index in [0.717, 1.165) is 0 Å². The van der Waals surface area contributed by atoms with Crippen molar-refractivity contribution in [3.8, 4) is 0 Å². The summed E-state index contributed by atoms with van der Waals surface area (Å²) in [7, 11) is 0. The highest BCUT2D eigenvalue weighted by molar-refractivity contribution is 5.24. The molecule has 1 rings (SSSR count). The van der Waals surface area contributed by atoms with E-state index in [4.69, 9.17) is 0 Å². The fourth-order valence-electron chi connectivity index (χ4n) is 1.23. The summed E-state index contributed by atoms with van der Waals surface area (Å²) >= 11 is 0. The topological polar surface area (TPSA) is 0 Å². The van der Waals surface area contributed by atoms with Crippen molar-refractivity contribution in [3.05, 3.63) is 35.1 Å². The maximum atomic E-state index is 13.1. The van der Waals surface area contributed by atoms with Crippen LogP contribution in [-0.4, -0.2) is 0 Å². The third kappa shape index (κ3) is 2.02. The maximum Gasteiger partial charge on any atom is 0.132 e. The Hall–Kier alpha value is -0.990. The molecule has 3 heteroatoms. The van der Waals surface area contributed by atoms with Gasteiger partial charge in [-0.2, -0.15) is 0 Å². The molecule has 0 spiro atoms. The second-order valence-electron chi connectivity index (χ2n) is 3.09. The number of hydrogen-bond donors (Lipinski definition) is 0. The lowest BCUT2D eigenvalue weighted by Crippen LogP contribution is -2.01. The van der Waals surface area contributed by atoms with Crippen LogP contribution in [0.2, 0.25) is 0 Å². The molecule has 0 saturated carbocycles. The van der Waals surface area contributed by atoms with Crippen LogP contribution in [0.15, 0.2) is 12.1 Å². The molecular formula is C10H11F3. The molecule has 0 bridgehead atoms. The summed E-state index contributed by atoms with van der Waals surface area (Å²) in [5.74, 6) is -2.69. The minimum Gasteiger partial charge on any atom is -0.207 e. The van der Waals surface area contributed by atoms with Crippen LogP contribution in [0.4, 0.5) is 13.2 Å². The molecule has 0 aliphatic heterocycles. The third-order valence-corrected chi connectivity index (χ3v) is 2.15. The van der Waals surface area contributed by atoms with E-state index in [1.54, 1.807) is 6.92 Å². The van der Waals surface area contributed by atoms with E-state index in [1.165, 1.54) is 0 Å². The molecule has 0 heterocycles. The van der Waals surface area contributed by atoms with Gasteiger partial charge >= 0.3 is 0 Å². The van der Waals surface area contributed by atoms with Gasteiger partial charge in [-0.3, -0.25) is 0 Å². The summed E-state index contributed by atoms with van der Waals surface area (Å²) in [4.78, 5) is 0. The van der Waals surface area contributed by atoms with Gasteiger partial charge in [-0.1, -0.05) is 13.8 Å². The molecule has 0 radical (unpaired) electrons. The summed E-state index contributed by atoms with van der Waals surface area (Å²) in [6.07, 6.45) is 0.624. The van der Waals surface area contributed by atoms with Crippen molar-refractivity contribution < 1.29 is 13.2 Å². The summed E-state index contributed by atoms with van der Waals surface area (Å²) < 4.78 is 38.6. The molecular weight excluding hydrogens is 177 g/mol. The zero-order chi connectivity index (χ0) is 10.0. The fraction of sp³-hybridized carbons (Fsp3) is 0.400. The van der Waals surface area contributed by atoms with Crippen molar-refractivity contribution in [1.29, 1.82) is 0 Å². The number of halogens is 3. The average molecular weight is 188 g/mol. The van der Waals surface area contributed by atoms with Crippen LogP contribution in [0.25, 0.3) is 0 Å². The zero-order valence-electron chi connectivity index (χ0n) is 7.57. The molecule has 1 aromatic carbocycles. The van der Waals surface area contributed by atoms with Crippen LogP contribution in [0, 0.1) is 17.5 Å². The Balaban J connectivity index is 3.20. The van der Waals surface area contributed by atoms with Gasteiger partial charge in [0.05, 0.1) is 0 Å². The number of hydrogen-bond acceptors (Lipinski definition) is 0. The first-order chi connectivity index (χ1) is 6.06.